The second-order valence-corrected chi connectivity index (χ2v) is 7.95. The number of likely N-dealkylation sites (tertiary alicyclic amines) is 1. The molecule has 0 saturated carbocycles. The maximum Gasteiger partial charge on any atom is 0.232 e. The van der Waals surface area contributed by atoms with Crippen LogP contribution in [0.4, 0.5) is 0 Å². The summed E-state index contributed by atoms with van der Waals surface area (Å²) in [5.41, 5.74) is 3.19. The van der Waals surface area contributed by atoms with E-state index in [2.05, 4.69) is 36.1 Å². The predicted octanol–water partition coefficient (Wildman–Crippen LogP) is 4.77. The average Bonchev–Trinajstić information content (AvgIpc) is 3.37. The Morgan fingerprint density at radius 2 is 1.93 bits per heavy atom. The first-order valence-electron chi connectivity index (χ1n) is 10.5. The molecule has 156 valence electrons. The maximum atomic E-state index is 12.6. The lowest BCUT2D eigenvalue weighted by Crippen LogP contribution is -2.24. The van der Waals surface area contributed by atoms with Crippen LogP contribution in [-0.4, -0.2) is 34.1 Å². The highest BCUT2D eigenvalue weighted by molar-refractivity contribution is 5.79. The first-order valence-corrected chi connectivity index (χ1v) is 10.5. The third-order valence-electron chi connectivity index (χ3n) is 5.47. The number of carbonyl (C=O) groups excluding carboxylic acids is 1. The van der Waals surface area contributed by atoms with Crippen molar-refractivity contribution in [3.05, 3.63) is 65.5 Å². The van der Waals surface area contributed by atoms with Crippen LogP contribution in [0.1, 0.15) is 56.0 Å². The number of amides is 1. The van der Waals surface area contributed by atoms with Crippen LogP contribution in [0.3, 0.4) is 0 Å². The van der Waals surface area contributed by atoms with Gasteiger partial charge >= 0.3 is 0 Å². The van der Waals surface area contributed by atoms with Crippen molar-refractivity contribution in [1.82, 2.24) is 15.0 Å². The summed E-state index contributed by atoms with van der Waals surface area (Å²) < 4.78 is 11.2. The number of aromatic nitrogens is 2. The molecule has 0 N–H and O–H groups in total. The highest BCUT2D eigenvalue weighted by Crippen LogP contribution is 2.31. The lowest BCUT2D eigenvalue weighted by atomic mass is 10.0. The van der Waals surface area contributed by atoms with Gasteiger partial charge in [-0.25, -0.2) is 0 Å². The summed E-state index contributed by atoms with van der Waals surface area (Å²) in [5.74, 6) is 2.38. The summed E-state index contributed by atoms with van der Waals surface area (Å²) in [7, 11) is 0. The Labute approximate surface area is 176 Å². The molecule has 6 heteroatoms. The number of ether oxygens (including phenoxy) is 1. The van der Waals surface area contributed by atoms with Crippen LogP contribution in [0, 0.1) is 0 Å². The summed E-state index contributed by atoms with van der Waals surface area (Å²) in [4.78, 5) is 19.0. The number of hydrogen-bond acceptors (Lipinski definition) is 5. The van der Waals surface area contributed by atoms with Crippen molar-refractivity contribution in [3.8, 4) is 17.1 Å². The Balaban J connectivity index is 1.46. The molecule has 1 fully saturated rings. The molecule has 1 atom stereocenters. The van der Waals surface area contributed by atoms with Gasteiger partial charge < -0.3 is 14.2 Å². The van der Waals surface area contributed by atoms with Gasteiger partial charge in [0.1, 0.15) is 5.75 Å². The van der Waals surface area contributed by atoms with E-state index >= 15 is 0 Å². The number of benzene rings is 2. The van der Waals surface area contributed by atoms with Gasteiger partial charge in [0.15, 0.2) is 0 Å². The molecule has 1 unspecified atom stereocenters. The lowest BCUT2D eigenvalue weighted by molar-refractivity contribution is -0.128. The zero-order valence-electron chi connectivity index (χ0n) is 17.7. The van der Waals surface area contributed by atoms with E-state index in [4.69, 9.17) is 9.26 Å². The van der Waals surface area contributed by atoms with E-state index in [1.165, 1.54) is 5.56 Å². The van der Waals surface area contributed by atoms with Crippen molar-refractivity contribution in [2.24, 2.45) is 0 Å². The van der Waals surface area contributed by atoms with Crippen LogP contribution in [0.25, 0.3) is 11.4 Å². The molecule has 0 spiro atoms. The highest BCUT2D eigenvalue weighted by Gasteiger charge is 2.34. The van der Waals surface area contributed by atoms with E-state index in [0.717, 1.165) is 16.9 Å². The standard InChI is InChI=1S/C24H27N3O3/c1-4-29-21-8-6-5-7-19(21)14-27-15-20(13-22(27)28)24-25-23(26-30-24)18-11-9-17(10-12-18)16(2)3/h5-12,16,20H,4,13-15H2,1-3H3. The van der Waals surface area contributed by atoms with Crippen molar-refractivity contribution in [2.45, 2.75) is 45.6 Å². The second kappa shape index (κ2) is 8.69. The third-order valence-corrected chi connectivity index (χ3v) is 5.47. The maximum absolute atomic E-state index is 12.6. The molecule has 0 bridgehead atoms. The average molecular weight is 405 g/mol. The highest BCUT2D eigenvalue weighted by atomic mass is 16.5. The second-order valence-electron chi connectivity index (χ2n) is 7.95. The minimum atomic E-state index is -0.0899. The Kier molecular flexibility index (Phi) is 5.84. The van der Waals surface area contributed by atoms with Crippen LogP contribution < -0.4 is 4.74 Å². The van der Waals surface area contributed by atoms with Crippen molar-refractivity contribution < 1.29 is 14.1 Å². The molecular weight excluding hydrogens is 378 g/mol. The molecule has 2 heterocycles. The molecule has 2 aromatic carbocycles. The molecule has 0 radical (unpaired) electrons. The van der Waals surface area contributed by atoms with Crippen LogP contribution >= 0.6 is 0 Å². The zero-order chi connectivity index (χ0) is 21.1. The minimum Gasteiger partial charge on any atom is -0.494 e. The van der Waals surface area contributed by atoms with Gasteiger partial charge in [0.2, 0.25) is 17.6 Å². The molecule has 1 amide bonds. The predicted molar refractivity (Wildman–Crippen MR) is 114 cm³/mol. The van der Waals surface area contributed by atoms with Gasteiger partial charge in [0.05, 0.1) is 12.5 Å². The topological polar surface area (TPSA) is 68.5 Å². The summed E-state index contributed by atoms with van der Waals surface area (Å²) in [6, 6.07) is 16.0. The van der Waals surface area contributed by atoms with Crippen LogP contribution in [0.2, 0.25) is 0 Å². The van der Waals surface area contributed by atoms with E-state index in [-0.39, 0.29) is 11.8 Å². The first kappa shape index (κ1) is 20.1. The molecule has 6 nitrogen and oxygen atoms in total. The fraction of sp³-hybridized carbons (Fsp3) is 0.375. The summed E-state index contributed by atoms with van der Waals surface area (Å²) in [6.07, 6.45) is 0.380. The summed E-state index contributed by atoms with van der Waals surface area (Å²) in [6.45, 7) is 7.96. The number of nitrogens with zero attached hydrogens (tertiary/aromatic N) is 3. The lowest BCUT2D eigenvalue weighted by Gasteiger charge is -2.18. The van der Waals surface area contributed by atoms with Crippen LogP contribution in [0.5, 0.6) is 5.75 Å². The summed E-state index contributed by atoms with van der Waals surface area (Å²) >= 11 is 0. The Morgan fingerprint density at radius 1 is 1.17 bits per heavy atom. The largest absolute Gasteiger partial charge is 0.494 e. The van der Waals surface area contributed by atoms with Gasteiger partial charge in [0.25, 0.3) is 0 Å². The Bertz CT molecular complexity index is 1010. The molecule has 30 heavy (non-hydrogen) atoms. The number of hydrogen-bond donors (Lipinski definition) is 0. The normalized spacial score (nSPS) is 16.5. The molecule has 1 saturated heterocycles. The van der Waals surface area contributed by atoms with E-state index in [9.17, 15) is 4.79 Å². The van der Waals surface area contributed by atoms with Crippen LogP contribution in [0.15, 0.2) is 53.1 Å². The molecular formula is C24H27N3O3. The smallest absolute Gasteiger partial charge is 0.232 e. The van der Waals surface area contributed by atoms with Crippen LogP contribution in [-0.2, 0) is 11.3 Å². The molecule has 1 aliphatic rings. The molecule has 4 rings (SSSR count). The molecule has 1 aliphatic heterocycles. The van der Waals surface area contributed by atoms with Crippen molar-refractivity contribution in [3.63, 3.8) is 0 Å². The quantitative estimate of drug-likeness (QED) is 0.566. The van der Waals surface area contributed by atoms with Crippen molar-refractivity contribution in [2.75, 3.05) is 13.2 Å². The van der Waals surface area contributed by atoms with Gasteiger partial charge in [0, 0.05) is 30.6 Å². The fourth-order valence-electron chi connectivity index (χ4n) is 3.76. The van der Waals surface area contributed by atoms with E-state index < -0.39 is 0 Å². The number of rotatable bonds is 7. The Morgan fingerprint density at radius 3 is 2.67 bits per heavy atom. The molecule has 0 aliphatic carbocycles. The van der Waals surface area contributed by atoms with E-state index in [1.54, 1.807) is 0 Å². The number of para-hydroxylation sites is 1. The Hall–Kier alpha value is -3.15. The van der Waals surface area contributed by atoms with E-state index in [0.29, 0.717) is 43.8 Å². The fourth-order valence-corrected chi connectivity index (χ4v) is 3.76. The van der Waals surface area contributed by atoms with Crippen molar-refractivity contribution in [1.29, 1.82) is 0 Å². The van der Waals surface area contributed by atoms with Gasteiger partial charge in [-0.15, -0.1) is 0 Å². The summed E-state index contributed by atoms with van der Waals surface area (Å²) in [5, 5.41) is 4.14. The van der Waals surface area contributed by atoms with Gasteiger partial charge in [-0.05, 0) is 24.5 Å². The molecule has 3 aromatic rings. The third kappa shape index (κ3) is 4.22. The first-order chi connectivity index (χ1) is 14.5. The van der Waals surface area contributed by atoms with E-state index in [1.807, 2.05) is 48.2 Å². The SMILES string of the molecule is CCOc1ccccc1CN1CC(c2nc(-c3ccc(C(C)C)cc3)no2)CC1=O. The van der Waals surface area contributed by atoms with Gasteiger partial charge in [-0.3, -0.25) is 4.79 Å². The van der Waals surface area contributed by atoms with Gasteiger partial charge in [-0.1, -0.05) is 61.5 Å². The monoisotopic (exact) mass is 405 g/mol. The van der Waals surface area contributed by atoms with Crippen molar-refractivity contribution >= 4 is 5.91 Å². The number of carbonyl (C=O) groups is 1. The molecule has 1 aromatic heterocycles. The minimum absolute atomic E-state index is 0.0899. The van der Waals surface area contributed by atoms with Gasteiger partial charge in [-0.2, -0.15) is 4.98 Å². The zero-order valence-corrected chi connectivity index (χ0v) is 17.7.